The van der Waals surface area contributed by atoms with Crippen molar-refractivity contribution in [2.24, 2.45) is 0 Å². The van der Waals surface area contributed by atoms with Gasteiger partial charge in [-0.15, -0.1) is 11.3 Å². The number of ether oxygens (including phenoxy) is 1. The van der Waals surface area contributed by atoms with E-state index < -0.39 is 5.91 Å². The second-order valence-electron chi connectivity index (χ2n) is 6.13. The van der Waals surface area contributed by atoms with Crippen molar-refractivity contribution in [1.29, 1.82) is 0 Å². The molecule has 6 nitrogen and oxygen atoms in total. The van der Waals surface area contributed by atoms with Crippen LogP contribution in [0.5, 0.6) is 5.75 Å². The third kappa shape index (κ3) is 3.83. The Balaban J connectivity index is 1.73. The summed E-state index contributed by atoms with van der Waals surface area (Å²) < 4.78 is 11.1. The van der Waals surface area contributed by atoms with Crippen molar-refractivity contribution in [3.63, 3.8) is 0 Å². The molecule has 0 unspecified atom stereocenters. The third-order valence-corrected chi connectivity index (χ3v) is 5.66. The van der Waals surface area contributed by atoms with Gasteiger partial charge in [0, 0.05) is 15.8 Å². The molecular weight excluding hydrogens is 364 g/mol. The molecule has 0 aliphatic carbocycles. The van der Waals surface area contributed by atoms with Crippen LogP contribution in [0.15, 0.2) is 28.7 Å². The number of carbonyl (C=O) groups excluding carboxylic acids is 2. The van der Waals surface area contributed by atoms with Crippen molar-refractivity contribution in [2.75, 3.05) is 6.61 Å². The van der Waals surface area contributed by atoms with Crippen molar-refractivity contribution in [2.45, 2.75) is 34.1 Å². The minimum atomic E-state index is -0.501. The lowest BCUT2D eigenvalue weighted by Crippen LogP contribution is -2.41. The number of fused-ring (bicyclic) bond motifs is 1. The highest BCUT2D eigenvalue weighted by atomic mass is 32.1. The molecule has 0 aliphatic heterocycles. The fourth-order valence-corrected chi connectivity index (χ4v) is 3.90. The number of hydrazine groups is 1. The molecule has 3 rings (SSSR count). The SMILES string of the molecule is CCOc1ccc2oc(C(=O)NNC(=O)c3cc(C)c(CC)s3)c(C)c2c1. The van der Waals surface area contributed by atoms with Gasteiger partial charge in [0.15, 0.2) is 5.76 Å². The summed E-state index contributed by atoms with van der Waals surface area (Å²) in [5.41, 5.74) is 7.25. The van der Waals surface area contributed by atoms with Crippen molar-refractivity contribution < 1.29 is 18.7 Å². The zero-order valence-electron chi connectivity index (χ0n) is 15.8. The van der Waals surface area contributed by atoms with Crippen LogP contribution in [0.1, 0.15) is 50.1 Å². The Hall–Kier alpha value is -2.80. The number of furan rings is 1. The maximum atomic E-state index is 12.5. The van der Waals surface area contributed by atoms with Gasteiger partial charge in [-0.1, -0.05) is 6.92 Å². The van der Waals surface area contributed by atoms with Crippen LogP contribution in [0.2, 0.25) is 0 Å². The van der Waals surface area contributed by atoms with Gasteiger partial charge < -0.3 is 9.15 Å². The smallest absolute Gasteiger partial charge is 0.305 e. The van der Waals surface area contributed by atoms with Crippen molar-refractivity contribution in [1.82, 2.24) is 10.9 Å². The maximum absolute atomic E-state index is 12.5. The molecule has 2 amide bonds. The molecule has 0 spiro atoms. The van der Waals surface area contributed by atoms with Gasteiger partial charge >= 0.3 is 5.91 Å². The quantitative estimate of drug-likeness (QED) is 0.646. The molecule has 0 bridgehead atoms. The Labute approximate surface area is 161 Å². The zero-order chi connectivity index (χ0) is 19.6. The molecule has 2 N–H and O–H groups in total. The Morgan fingerprint density at radius 3 is 2.52 bits per heavy atom. The Morgan fingerprint density at radius 2 is 1.85 bits per heavy atom. The van der Waals surface area contributed by atoms with Gasteiger partial charge in [0.05, 0.1) is 11.5 Å². The molecule has 3 aromatic rings. The number of hydrogen-bond donors (Lipinski definition) is 2. The highest BCUT2D eigenvalue weighted by molar-refractivity contribution is 7.14. The molecule has 2 heterocycles. The first kappa shape index (κ1) is 19.0. The highest BCUT2D eigenvalue weighted by Crippen LogP contribution is 2.29. The summed E-state index contributed by atoms with van der Waals surface area (Å²) >= 11 is 1.43. The van der Waals surface area contributed by atoms with Gasteiger partial charge in [0.25, 0.3) is 5.91 Å². The van der Waals surface area contributed by atoms with Gasteiger partial charge in [-0.3, -0.25) is 20.4 Å². The maximum Gasteiger partial charge on any atom is 0.305 e. The minimum Gasteiger partial charge on any atom is -0.494 e. The van der Waals surface area contributed by atoms with E-state index in [4.69, 9.17) is 9.15 Å². The predicted molar refractivity (Wildman–Crippen MR) is 105 cm³/mol. The molecule has 2 aromatic heterocycles. The molecule has 0 fully saturated rings. The van der Waals surface area contributed by atoms with E-state index in [-0.39, 0.29) is 11.7 Å². The van der Waals surface area contributed by atoms with E-state index in [9.17, 15) is 9.59 Å². The summed E-state index contributed by atoms with van der Waals surface area (Å²) in [4.78, 5) is 26.5. The lowest BCUT2D eigenvalue weighted by atomic mass is 10.1. The average molecular weight is 386 g/mol. The molecule has 142 valence electrons. The second kappa shape index (κ2) is 7.84. The molecule has 0 radical (unpaired) electrons. The topological polar surface area (TPSA) is 80.6 Å². The molecule has 0 saturated heterocycles. The molecule has 0 aliphatic rings. The van der Waals surface area contributed by atoms with Crippen LogP contribution in [0.4, 0.5) is 0 Å². The van der Waals surface area contributed by atoms with Crippen LogP contribution in [0.3, 0.4) is 0 Å². The fourth-order valence-electron chi connectivity index (χ4n) is 2.89. The summed E-state index contributed by atoms with van der Waals surface area (Å²) in [5.74, 6) is 0.0343. The van der Waals surface area contributed by atoms with Gasteiger partial charge in [-0.2, -0.15) is 0 Å². The number of hydrogen-bond acceptors (Lipinski definition) is 5. The molecule has 7 heteroatoms. The van der Waals surface area contributed by atoms with Crippen molar-refractivity contribution in [3.05, 3.63) is 50.9 Å². The van der Waals surface area contributed by atoms with Crippen LogP contribution in [0.25, 0.3) is 11.0 Å². The number of aryl methyl sites for hydroxylation is 3. The summed E-state index contributed by atoms with van der Waals surface area (Å²) in [7, 11) is 0. The van der Waals surface area contributed by atoms with Crippen molar-refractivity contribution in [3.8, 4) is 5.75 Å². The van der Waals surface area contributed by atoms with Crippen LogP contribution >= 0.6 is 11.3 Å². The van der Waals surface area contributed by atoms with E-state index >= 15 is 0 Å². The first-order valence-electron chi connectivity index (χ1n) is 8.80. The van der Waals surface area contributed by atoms with E-state index in [0.29, 0.717) is 28.4 Å². The van der Waals surface area contributed by atoms with Crippen LogP contribution in [-0.2, 0) is 6.42 Å². The van der Waals surface area contributed by atoms with E-state index in [1.54, 1.807) is 19.1 Å². The predicted octanol–water partition coefficient (Wildman–Crippen LogP) is 4.15. The molecular formula is C20H22N2O4S. The zero-order valence-corrected chi connectivity index (χ0v) is 16.6. The Kier molecular flexibility index (Phi) is 5.51. The van der Waals surface area contributed by atoms with Gasteiger partial charge in [0.1, 0.15) is 11.3 Å². The monoisotopic (exact) mass is 386 g/mol. The lowest BCUT2D eigenvalue weighted by Gasteiger charge is -2.05. The number of amides is 2. The molecule has 0 atom stereocenters. The van der Waals surface area contributed by atoms with Gasteiger partial charge in [-0.25, -0.2) is 0 Å². The average Bonchev–Trinajstić information content (AvgIpc) is 3.20. The number of benzene rings is 1. The van der Waals surface area contributed by atoms with Gasteiger partial charge in [0.2, 0.25) is 0 Å². The summed E-state index contributed by atoms with van der Waals surface area (Å²) in [6, 6.07) is 7.23. The number of rotatable bonds is 5. The van der Waals surface area contributed by atoms with E-state index in [0.717, 1.165) is 22.2 Å². The standard InChI is InChI=1S/C20H22N2O4S/c1-5-16-11(3)9-17(27-16)19(23)21-22-20(24)18-12(4)14-10-13(25-6-2)7-8-15(14)26-18/h7-10H,5-6H2,1-4H3,(H,21,23)(H,22,24). The van der Waals surface area contributed by atoms with Crippen molar-refractivity contribution >= 4 is 34.1 Å². The first-order valence-corrected chi connectivity index (χ1v) is 9.62. The fraction of sp³-hybridized carbons (Fsp3) is 0.300. The highest BCUT2D eigenvalue weighted by Gasteiger charge is 2.19. The summed E-state index contributed by atoms with van der Waals surface area (Å²) in [6.07, 6.45) is 0.873. The number of nitrogens with one attached hydrogen (secondary N) is 2. The number of carbonyl (C=O) groups is 2. The minimum absolute atomic E-state index is 0.163. The third-order valence-electron chi connectivity index (χ3n) is 4.28. The summed E-state index contributed by atoms with van der Waals surface area (Å²) in [5, 5.41) is 0.805. The molecule has 0 saturated carbocycles. The Bertz CT molecular complexity index is 1000. The second-order valence-corrected chi connectivity index (χ2v) is 7.26. The van der Waals surface area contributed by atoms with Crippen LogP contribution in [-0.4, -0.2) is 18.4 Å². The molecule has 1 aromatic carbocycles. The Morgan fingerprint density at radius 1 is 1.11 bits per heavy atom. The van der Waals surface area contributed by atoms with E-state index in [1.165, 1.54) is 11.3 Å². The summed E-state index contributed by atoms with van der Waals surface area (Å²) in [6.45, 7) is 8.28. The normalized spacial score (nSPS) is 10.8. The lowest BCUT2D eigenvalue weighted by molar-refractivity contribution is 0.0833. The van der Waals surface area contributed by atoms with E-state index in [1.807, 2.05) is 32.9 Å². The van der Waals surface area contributed by atoms with Crippen LogP contribution < -0.4 is 15.6 Å². The largest absolute Gasteiger partial charge is 0.494 e. The van der Waals surface area contributed by atoms with Gasteiger partial charge in [-0.05, 0) is 57.0 Å². The van der Waals surface area contributed by atoms with E-state index in [2.05, 4.69) is 10.9 Å². The van der Waals surface area contributed by atoms with Crippen LogP contribution in [0, 0.1) is 13.8 Å². The number of thiophene rings is 1. The first-order chi connectivity index (χ1) is 12.9. The molecule has 27 heavy (non-hydrogen) atoms.